The van der Waals surface area contributed by atoms with Gasteiger partial charge in [-0.1, -0.05) is 53.4 Å². The fourth-order valence-corrected chi connectivity index (χ4v) is 8.38. The molecule has 0 amide bonds. The maximum Gasteiger partial charge on any atom is 0.266 e. The minimum atomic E-state index is -3.80. The molecule has 24 heavy (non-hydrogen) atoms. The van der Waals surface area contributed by atoms with E-state index in [-0.39, 0.29) is 12.3 Å². The predicted molar refractivity (Wildman–Crippen MR) is 111 cm³/mol. The molecule has 0 spiro atoms. The first-order chi connectivity index (χ1) is 11.3. The Kier molecular flexibility index (Phi) is 18.5. The topological polar surface area (TPSA) is 80.4 Å². The molecule has 0 unspecified atom stereocenters. The highest BCUT2D eigenvalue weighted by molar-refractivity contribution is 7.85. The van der Waals surface area contributed by atoms with Crippen molar-refractivity contribution in [1.29, 1.82) is 0 Å². The second-order valence-electron chi connectivity index (χ2n) is 6.72. The van der Waals surface area contributed by atoms with Crippen molar-refractivity contribution in [3.05, 3.63) is 0 Å². The Morgan fingerprint density at radius 3 is 1.17 bits per heavy atom. The summed E-state index contributed by atoms with van der Waals surface area (Å²) in [7, 11) is -4.36. The van der Waals surface area contributed by atoms with Crippen LogP contribution in [-0.2, 0) is 10.1 Å². The molecular weight excluding hydrogens is 341 g/mol. The van der Waals surface area contributed by atoms with E-state index >= 15 is 0 Å². The second kappa shape index (κ2) is 16.8. The van der Waals surface area contributed by atoms with Gasteiger partial charge in [0.25, 0.3) is 10.1 Å². The third-order valence-electron chi connectivity index (χ3n) is 4.32. The van der Waals surface area contributed by atoms with Gasteiger partial charge in [0.05, 0.1) is 30.4 Å². The van der Waals surface area contributed by atoms with Crippen LogP contribution in [0.3, 0.4) is 0 Å². The molecule has 0 fully saturated rings. The van der Waals surface area contributed by atoms with E-state index in [1.165, 1.54) is 51.4 Å². The van der Waals surface area contributed by atoms with Gasteiger partial charge in [0.2, 0.25) is 0 Å². The lowest BCUT2D eigenvalue weighted by atomic mass is 10.4. The lowest BCUT2D eigenvalue weighted by molar-refractivity contribution is 0.483. The van der Waals surface area contributed by atoms with E-state index in [1.807, 2.05) is 0 Å². The average Bonchev–Trinajstić information content (AvgIpc) is 2.53. The van der Waals surface area contributed by atoms with Gasteiger partial charge in [-0.3, -0.25) is 4.55 Å². The van der Waals surface area contributed by atoms with Crippen molar-refractivity contribution in [2.45, 2.75) is 79.1 Å². The van der Waals surface area contributed by atoms with Gasteiger partial charge in [0.1, 0.15) is 0 Å². The first kappa shape index (κ1) is 26.5. The summed E-state index contributed by atoms with van der Waals surface area (Å²) in [4.78, 5) is 0. The van der Waals surface area contributed by atoms with Crippen molar-refractivity contribution < 1.29 is 13.0 Å². The summed E-state index contributed by atoms with van der Waals surface area (Å²) in [5.74, 6) is -0.354. The number of nitrogens with two attached hydrogens (primary N) is 1. The number of unbranched alkanes of at least 4 members (excludes halogenated alkanes) is 4. The van der Waals surface area contributed by atoms with Gasteiger partial charge in [-0.15, -0.1) is 0 Å². The molecule has 3 N–H and O–H groups in total. The van der Waals surface area contributed by atoms with Gasteiger partial charge in [-0.25, -0.2) is 0 Å². The van der Waals surface area contributed by atoms with E-state index in [0.29, 0.717) is 0 Å². The highest BCUT2D eigenvalue weighted by Crippen LogP contribution is 2.61. The lowest BCUT2D eigenvalue weighted by Gasteiger charge is -2.28. The normalized spacial score (nSPS) is 11.9. The molecule has 0 aromatic heterocycles. The largest absolute Gasteiger partial charge is 0.329 e. The van der Waals surface area contributed by atoms with Crippen LogP contribution in [0, 0.1) is 0 Å². The van der Waals surface area contributed by atoms with Gasteiger partial charge in [0, 0.05) is 13.8 Å². The summed E-state index contributed by atoms with van der Waals surface area (Å²) in [5.41, 5.74) is 4.78. The molecule has 0 heterocycles. The highest BCUT2D eigenvalue weighted by Gasteiger charge is 2.34. The number of rotatable bonds is 14. The van der Waals surface area contributed by atoms with Crippen LogP contribution in [0.5, 0.6) is 0 Å². The average molecular weight is 385 g/mol. The molecule has 6 heteroatoms. The van der Waals surface area contributed by atoms with Crippen molar-refractivity contribution >= 4 is 17.4 Å². The minimum absolute atomic E-state index is 0.0289. The highest BCUT2D eigenvalue weighted by atomic mass is 32.2. The van der Waals surface area contributed by atoms with Crippen molar-refractivity contribution in [1.82, 2.24) is 0 Å². The second-order valence-corrected chi connectivity index (χ2v) is 12.8. The van der Waals surface area contributed by atoms with Gasteiger partial charge in [-0.2, -0.15) is 8.42 Å². The van der Waals surface area contributed by atoms with E-state index < -0.39 is 17.4 Å². The maximum absolute atomic E-state index is 9.71. The van der Waals surface area contributed by atoms with E-state index in [1.54, 1.807) is 24.6 Å². The lowest BCUT2D eigenvalue weighted by Crippen LogP contribution is -2.13. The SMILES string of the molecule is CCCC[P+](CCCC)(CCCC)CCCC.NCCS(=O)(=O)O. The van der Waals surface area contributed by atoms with Gasteiger partial charge in [0.15, 0.2) is 0 Å². The monoisotopic (exact) mass is 384 g/mol. The number of hydrogen-bond acceptors (Lipinski definition) is 3. The molecule has 0 atom stereocenters. The Morgan fingerprint density at radius 2 is 1.04 bits per heavy atom. The molecule has 0 aromatic rings. The van der Waals surface area contributed by atoms with Crippen LogP contribution in [0.15, 0.2) is 0 Å². The van der Waals surface area contributed by atoms with Crippen LogP contribution in [0.25, 0.3) is 0 Å². The molecule has 0 saturated heterocycles. The van der Waals surface area contributed by atoms with Gasteiger partial charge < -0.3 is 5.73 Å². The summed E-state index contributed by atoms with van der Waals surface area (Å²) in [6.07, 6.45) is 17.9. The molecule has 0 radical (unpaired) electrons. The van der Waals surface area contributed by atoms with Crippen LogP contribution in [0.1, 0.15) is 79.1 Å². The Balaban J connectivity index is 0. The van der Waals surface area contributed by atoms with E-state index in [2.05, 4.69) is 27.7 Å². The zero-order chi connectivity index (χ0) is 18.9. The van der Waals surface area contributed by atoms with Crippen molar-refractivity contribution in [2.75, 3.05) is 36.9 Å². The minimum Gasteiger partial charge on any atom is -0.329 e. The Hall–Kier alpha value is 0.300. The van der Waals surface area contributed by atoms with Crippen LogP contribution < -0.4 is 5.73 Å². The molecule has 0 aliphatic carbocycles. The smallest absolute Gasteiger partial charge is 0.266 e. The zero-order valence-corrected chi connectivity index (χ0v) is 18.3. The first-order valence-electron chi connectivity index (χ1n) is 9.81. The summed E-state index contributed by atoms with van der Waals surface area (Å²) in [5, 5.41) is 0. The molecule has 148 valence electrons. The third kappa shape index (κ3) is 17.1. The summed E-state index contributed by atoms with van der Waals surface area (Å²) < 4.78 is 27.3. The molecule has 0 aliphatic heterocycles. The summed E-state index contributed by atoms with van der Waals surface area (Å²) in [6.45, 7) is 9.39. The Morgan fingerprint density at radius 1 is 0.750 bits per heavy atom. The summed E-state index contributed by atoms with van der Waals surface area (Å²) in [6, 6.07) is 0. The Bertz CT molecular complexity index is 324. The first-order valence-corrected chi connectivity index (χ1v) is 13.9. The third-order valence-corrected chi connectivity index (χ3v) is 10.1. The van der Waals surface area contributed by atoms with E-state index in [0.717, 1.165) is 0 Å². The molecule has 4 nitrogen and oxygen atoms in total. The molecule has 0 rings (SSSR count). The van der Waals surface area contributed by atoms with E-state index in [4.69, 9.17) is 10.3 Å². The summed E-state index contributed by atoms with van der Waals surface area (Å²) >= 11 is 0. The molecule has 0 aliphatic rings. The van der Waals surface area contributed by atoms with Gasteiger partial charge >= 0.3 is 0 Å². The predicted octanol–water partition coefficient (Wildman–Crippen LogP) is 5.04. The van der Waals surface area contributed by atoms with Crippen LogP contribution in [-0.4, -0.2) is 49.9 Å². The van der Waals surface area contributed by atoms with E-state index in [9.17, 15) is 8.42 Å². The van der Waals surface area contributed by atoms with Crippen molar-refractivity contribution in [3.63, 3.8) is 0 Å². The quantitative estimate of drug-likeness (QED) is 0.325. The molecule has 0 aromatic carbocycles. The van der Waals surface area contributed by atoms with Crippen LogP contribution in [0.4, 0.5) is 0 Å². The molecule has 0 saturated carbocycles. The fraction of sp³-hybridized carbons (Fsp3) is 1.00. The Labute approximate surface area is 152 Å². The van der Waals surface area contributed by atoms with Gasteiger partial charge in [-0.05, 0) is 25.7 Å². The standard InChI is InChI=1S/C16H36P.C2H7NO3S/c1-5-9-13-17(14-10-6-2,15-11-7-3)16-12-8-4;3-1-2-7(4,5)6/h5-16H2,1-4H3;1-3H2,(H,4,5,6)/q+1;. The zero-order valence-electron chi connectivity index (χ0n) is 16.6. The number of hydrogen-bond donors (Lipinski definition) is 2. The fourth-order valence-electron chi connectivity index (χ4n) is 2.79. The van der Waals surface area contributed by atoms with Crippen molar-refractivity contribution in [2.24, 2.45) is 5.73 Å². The van der Waals surface area contributed by atoms with Crippen LogP contribution >= 0.6 is 7.26 Å². The maximum atomic E-state index is 9.71. The van der Waals surface area contributed by atoms with Crippen LogP contribution in [0.2, 0.25) is 0 Å². The van der Waals surface area contributed by atoms with Crippen molar-refractivity contribution in [3.8, 4) is 0 Å². The molecule has 0 bridgehead atoms. The molecular formula is C18H43NO3PS+.